The average Bonchev–Trinajstić information content (AvgIpc) is 3.67. The fourth-order valence-electron chi connectivity index (χ4n) is 7.20. The quantitative estimate of drug-likeness (QED) is 0.203. The van der Waals surface area contributed by atoms with E-state index in [1.54, 1.807) is 0 Å². The summed E-state index contributed by atoms with van der Waals surface area (Å²) in [5, 5.41) is 24.2. The lowest BCUT2D eigenvalue weighted by molar-refractivity contribution is 1.36. The summed E-state index contributed by atoms with van der Waals surface area (Å²) in [4.78, 5) is 0. The van der Waals surface area contributed by atoms with Crippen LogP contribution in [-0.4, -0.2) is 4.40 Å². The molecule has 0 saturated carbocycles. The minimum atomic E-state index is 0.605. The molecule has 0 amide bonds. The number of hydrogen-bond acceptors (Lipinski definition) is 2. The molecule has 7 aromatic carbocycles. The zero-order valence-electron chi connectivity index (χ0n) is 25.3. The fraction of sp³-hybridized carbons (Fsp3) is 0. The minimum Gasteiger partial charge on any atom is -0.308 e. The van der Waals surface area contributed by atoms with E-state index in [9.17, 15) is 10.5 Å². The van der Waals surface area contributed by atoms with E-state index in [1.165, 1.54) is 22.3 Å². The van der Waals surface area contributed by atoms with Crippen molar-refractivity contribution in [3.63, 3.8) is 0 Å². The Balaban J connectivity index is 1.39. The first-order valence-electron chi connectivity index (χ1n) is 15.6. The Labute approximate surface area is 271 Å². The van der Waals surface area contributed by atoms with Gasteiger partial charge in [0.15, 0.2) is 0 Å². The summed E-state index contributed by atoms with van der Waals surface area (Å²) < 4.78 is 2.26. The lowest BCUT2D eigenvalue weighted by Crippen LogP contribution is -1.87. The highest BCUT2D eigenvalue weighted by Gasteiger charge is 2.24. The number of nitriles is 2. The van der Waals surface area contributed by atoms with Crippen molar-refractivity contribution in [3.8, 4) is 56.6 Å². The molecule has 216 valence electrons. The van der Waals surface area contributed by atoms with Gasteiger partial charge in [-0.1, -0.05) is 121 Å². The zero-order chi connectivity index (χ0) is 31.5. The van der Waals surface area contributed by atoms with Gasteiger partial charge in [0.05, 0.1) is 39.8 Å². The Kier molecular flexibility index (Phi) is 5.94. The van der Waals surface area contributed by atoms with Crippen LogP contribution in [0.2, 0.25) is 0 Å². The van der Waals surface area contributed by atoms with Crippen molar-refractivity contribution in [1.29, 1.82) is 10.5 Å². The molecule has 0 spiro atoms. The highest BCUT2D eigenvalue weighted by Crippen LogP contribution is 2.48. The molecule has 0 bridgehead atoms. The first kappa shape index (κ1) is 26.7. The van der Waals surface area contributed by atoms with Crippen molar-refractivity contribution < 1.29 is 0 Å². The van der Waals surface area contributed by atoms with Gasteiger partial charge < -0.3 is 4.40 Å². The van der Waals surface area contributed by atoms with Gasteiger partial charge in [0.25, 0.3) is 0 Å². The van der Waals surface area contributed by atoms with Crippen LogP contribution in [0.1, 0.15) is 11.1 Å². The first-order chi connectivity index (χ1) is 23.2. The van der Waals surface area contributed by atoms with Crippen molar-refractivity contribution in [2.45, 2.75) is 0 Å². The van der Waals surface area contributed by atoms with Gasteiger partial charge in [-0.3, -0.25) is 0 Å². The van der Waals surface area contributed by atoms with Gasteiger partial charge >= 0.3 is 0 Å². The molecule has 47 heavy (non-hydrogen) atoms. The summed E-state index contributed by atoms with van der Waals surface area (Å²) in [6.07, 6.45) is 0. The van der Waals surface area contributed by atoms with Crippen LogP contribution in [0.3, 0.4) is 0 Å². The molecule has 0 atom stereocenters. The fourth-order valence-corrected chi connectivity index (χ4v) is 7.20. The van der Waals surface area contributed by atoms with E-state index in [2.05, 4.69) is 132 Å². The topological polar surface area (TPSA) is 52.0 Å². The van der Waals surface area contributed by atoms with Crippen molar-refractivity contribution in [3.05, 3.63) is 163 Å². The Hall–Kier alpha value is -6.68. The molecule has 0 aliphatic carbocycles. The smallest absolute Gasteiger partial charge is 0.0992 e. The summed E-state index contributed by atoms with van der Waals surface area (Å²) in [6, 6.07) is 57.4. The molecule has 0 aliphatic rings. The lowest BCUT2D eigenvalue weighted by Gasteiger charge is -2.13. The largest absolute Gasteiger partial charge is 0.308 e. The van der Waals surface area contributed by atoms with E-state index < -0.39 is 0 Å². The molecule has 3 heteroatoms. The SMILES string of the molecule is N#Cc1ccc2c3c(-c4ccc(-c5ccccc5)cc4)cc(-c4ccc(-c5ccccc5)cc4)c4c5ccc(C#N)cc5n(c2c1)c34. The summed E-state index contributed by atoms with van der Waals surface area (Å²) in [5.74, 6) is 0. The predicted molar refractivity (Wildman–Crippen MR) is 192 cm³/mol. The molecule has 0 saturated heterocycles. The number of nitrogens with zero attached hydrogens (tertiary/aromatic N) is 3. The maximum Gasteiger partial charge on any atom is 0.0992 e. The van der Waals surface area contributed by atoms with Gasteiger partial charge in [-0.25, -0.2) is 0 Å². The Morgan fingerprint density at radius 2 is 0.766 bits per heavy atom. The Bertz CT molecular complexity index is 2520. The van der Waals surface area contributed by atoms with Crippen molar-refractivity contribution in [2.24, 2.45) is 0 Å². The number of benzene rings is 7. The van der Waals surface area contributed by atoms with Crippen LogP contribution in [0.4, 0.5) is 0 Å². The van der Waals surface area contributed by atoms with E-state index in [0.717, 1.165) is 60.3 Å². The Morgan fingerprint density at radius 1 is 0.383 bits per heavy atom. The summed E-state index contributed by atoms with van der Waals surface area (Å²) in [7, 11) is 0. The van der Waals surface area contributed by atoms with Crippen LogP contribution < -0.4 is 0 Å². The molecule has 2 heterocycles. The third-order valence-corrected chi connectivity index (χ3v) is 9.40. The molecule has 0 unspecified atom stereocenters. The lowest BCUT2D eigenvalue weighted by atomic mass is 9.89. The van der Waals surface area contributed by atoms with E-state index >= 15 is 0 Å². The maximum absolute atomic E-state index is 9.87. The number of aromatic nitrogens is 1. The standard InChI is InChI=1S/C44H25N3/c45-26-28-11-21-36-40(23-28)47-41-24-29(27-46)12-22-37(41)43-39(35-19-15-33(16-20-35)31-9-5-2-6-10-31)25-38(42(36)44(43)47)34-17-13-32(14-18-34)30-7-3-1-4-8-30/h1-25H. The first-order valence-corrected chi connectivity index (χ1v) is 15.6. The van der Waals surface area contributed by atoms with Crippen LogP contribution in [0, 0.1) is 22.7 Å². The van der Waals surface area contributed by atoms with Crippen LogP contribution in [0.5, 0.6) is 0 Å². The van der Waals surface area contributed by atoms with Crippen LogP contribution in [0.15, 0.2) is 152 Å². The number of hydrogen-bond donors (Lipinski definition) is 0. The molecule has 0 fully saturated rings. The van der Waals surface area contributed by atoms with E-state index in [4.69, 9.17) is 0 Å². The van der Waals surface area contributed by atoms with Crippen molar-refractivity contribution in [1.82, 2.24) is 4.40 Å². The van der Waals surface area contributed by atoms with E-state index in [-0.39, 0.29) is 0 Å². The highest BCUT2D eigenvalue weighted by atomic mass is 14.9. The molecule has 9 rings (SSSR count). The van der Waals surface area contributed by atoms with E-state index in [1.807, 2.05) is 36.4 Å². The summed E-state index contributed by atoms with van der Waals surface area (Å²) in [5.41, 5.74) is 13.4. The van der Waals surface area contributed by atoms with Gasteiger partial charge in [0.2, 0.25) is 0 Å². The van der Waals surface area contributed by atoms with Crippen molar-refractivity contribution in [2.75, 3.05) is 0 Å². The zero-order valence-corrected chi connectivity index (χ0v) is 25.3. The normalized spacial score (nSPS) is 11.4. The van der Waals surface area contributed by atoms with Gasteiger partial charge in [-0.05, 0) is 74.8 Å². The molecule has 9 aromatic rings. The third kappa shape index (κ3) is 4.12. The average molecular weight is 596 g/mol. The molecule has 0 radical (unpaired) electrons. The van der Waals surface area contributed by atoms with Crippen LogP contribution in [-0.2, 0) is 0 Å². The van der Waals surface area contributed by atoms with Gasteiger partial charge in [0, 0.05) is 21.5 Å². The molecule has 0 N–H and O–H groups in total. The monoisotopic (exact) mass is 595 g/mol. The van der Waals surface area contributed by atoms with Crippen LogP contribution in [0.25, 0.3) is 82.6 Å². The molecular weight excluding hydrogens is 571 g/mol. The maximum atomic E-state index is 9.87. The summed E-state index contributed by atoms with van der Waals surface area (Å²) >= 11 is 0. The van der Waals surface area contributed by atoms with Crippen LogP contribution >= 0.6 is 0 Å². The number of fused-ring (bicyclic) bond motifs is 6. The molecule has 2 aromatic heterocycles. The molecular formula is C44H25N3. The second kappa shape index (κ2) is 10.5. The van der Waals surface area contributed by atoms with Gasteiger partial charge in [0.1, 0.15) is 0 Å². The predicted octanol–water partition coefficient (Wildman–Crippen LogP) is 11.2. The van der Waals surface area contributed by atoms with Gasteiger partial charge in [-0.2, -0.15) is 10.5 Å². The summed E-state index contributed by atoms with van der Waals surface area (Å²) in [6.45, 7) is 0. The van der Waals surface area contributed by atoms with E-state index in [0.29, 0.717) is 11.1 Å². The van der Waals surface area contributed by atoms with Crippen molar-refractivity contribution >= 4 is 38.1 Å². The molecule has 0 aliphatic heterocycles. The minimum absolute atomic E-state index is 0.605. The third-order valence-electron chi connectivity index (χ3n) is 9.40. The highest BCUT2D eigenvalue weighted by molar-refractivity contribution is 6.30. The Morgan fingerprint density at radius 3 is 1.17 bits per heavy atom. The number of rotatable bonds is 4. The second-order valence-electron chi connectivity index (χ2n) is 12.0. The second-order valence-corrected chi connectivity index (χ2v) is 12.0. The van der Waals surface area contributed by atoms with Gasteiger partial charge in [-0.15, -0.1) is 0 Å². The molecule has 3 nitrogen and oxygen atoms in total.